The van der Waals surface area contributed by atoms with Gasteiger partial charge >= 0.3 is 5.97 Å². The maximum Gasteiger partial charge on any atom is 0.303 e. The first-order valence-corrected chi connectivity index (χ1v) is 43.1. The molecule has 0 saturated heterocycles. The predicted octanol–water partition coefficient (Wildman–Crippen LogP) is 23.2. The van der Waals surface area contributed by atoms with Crippen LogP contribution in [0.4, 0.5) is 0 Å². The first kappa shape index (κ1) is 93.2. The van der Waals surface area contributed by atoms with Gasteiger partial charge in [0.25, 0.3) is 0 Å². The number of aryl methyl sites for hydroxylation is 1. The van der Waals surface area contributed by atoms with Crippen molar-refractivity contribution in [2.24, 2.45) is 0 Å². The molecule has 0 aliphatic rings. The lowest BCUT2D eigenvalue weighted by molar-refractivity contribution is -0.138. The molecular weight excluding hydrogens is 1670 g/mol. The van der Waals surface area contributed by atoms with Gasteiger partial charge < -0.3 is 57.2 Å². The summed E-state index contributed by atoms with van der Waals surface area (Å²) in [5.41, 5.74) is 12.7. The minimum atomic E-state index is -0.966. The summed E-state index contributed by atoms with van der Waals surface area (Å²) < 4.78 is 64.5. The molecule has 0 radical (unpaired) electrons. The molecule has 16 rings (SSSR count). The number of Topliss-reactive ketones (excluding diaryl/α,β-unsaturated/α-hetero) is 4. The molecule has 2 unspecified atom stereocenters. The van der Waals surface area contributed by atoms with E-state index in [0.717, 1.165) is 117 Å². The van der Waals surface area contributed by atoms with Crippen molar-refractivity contribution < 1.29 is 81.2 Å². The number of ketones is 4. The molecule has 0 saturated carbocycles. The molecule has 664 valence electrons. The van der Waals surface area contributed by atoms with Crippen LogP contribution in [0.1, 0.15) is 104 Å². The molecule has 12 aromatic carbocycles. The van der Waals surface area contributed by atoms with E-state index in [1.165, 1.54) is 20.8 Å². The number of halogens is 1. The molecule has 0 aliphatic heterocycles. The zero-order valence-corrected chi connectivity index (χ0v) is 74.2. The smallest absolute Gasteiger partial charge is 0.303 e. The Bertz CT molecular complexity index is 6570. The van der Waals surface area contributed by atoms with Crippen molar-refractivity contribution in [1.82, 2.24) is 19.9 Å². The Hall–Kier alpha value is -15.5. The van der Waals surface area contributed by atoms with Gasteiger partial charge in [-0.1, -0.05) is 175 Å². The molecule has 0 bridgehead atoms. The fourth-order valence-corrected chi connectivity index (χ4v) is 13.7. The second-order valence-corrected chi connectivity index (χ2v) is 31.2. The average Bonchev–Trinajstić information content (AvgIpc) is 0.845. The van der Waals surface area contributed by atoms with E-state index < -0.39 is 18.2 Å². The summed E-state index contributed by atoms with van der Waals surface area (Å²) in [7, 11) is 0. The molecule has 21 nitrogen and oxygen atoms in total. The highest BCUT2D eigenvalue weighted by Crippen LogP contribution is 2.32. The van der Waals surface area contributed by atoms with Crippen LogP contribution in [0.5, 0.6) is 63.2 Å². The summed E-state index contributed by atoms with van der Waals surface area (Å²) in [6, 6.07) is 104. The van der Waals surface area contributed by atoms with Gasteiger partial charge in [-0.3, -0.25) is 24.0 Å². The summed E-state index contributed by atoms with van der Waals surface area (Å²) in [6.07, 6.45) is -0.939. The Balaban J connectivity index is 0.000000149. The Morgan fingerprint density at radius 2 is 0.710 bits per heavy atom. The topological polar surface area (TPSA) is 259 Å². The molecular formula is C109H99ClN4O17. The van der Waals surface area contributed by atoms with Crippen LogP contribution >= 0.6 is 11.6 Å². The molecule has 2 atom stereocenters. The fraction of sp³-hybridized carbons (Fsp3) is 0.183. The lowest BCUT2D eigenvalue weighted by Gasteiger charge is -2.16. The van der Waals surface area contributed by atoms with E-state index in [1.54, 1.807) is 50.2 Å². The summed E-state index contributed by atoms with van der Waals surface area (Å²) >= 11 is 6.14. The number of pyridine rings is 4. The van der Waals surface area contributed by atoms with E-state index in [2.05, 4.69) is 26.0 Å². The van der Waals surface area contributed by atoms with Crippen molar-refractivity contribution in [3.63, 3.8) is 0 Å². The molecule has 16 aromatic rings. The quantitative estimate of drug-likeness (QED) is 0.0377. The molecule has 4 heterocycles. The zero-order valence-electron chi connectivity index (χ0n) is 73.5. The van der Waals surface area contributed by atoms with E-state index in [-0.39, 0.29) is 55.8 Å². The standard InChI is InChI=1S/C29H27NO6.C27H24ClNO4.C27H25NO4.C26H23NO3/c1-20(31)28(14-15-29(32)33)36-26-10-4-6-21(16-26)18-34-24-8-5-9-25(17-24)35-19-23-13-12-22-7-2-3-11-27(22)30-23;1-18(30)19(2)33-27-14-8-22(28)15-21(27)16-31-24-10-12-25(13-11-24)32-17-23-9-7-20-5-3-4-6-26(20)29-23;1-19-7-5-9-22(27(19)32-16-20(2)29)17-30-24-10-6-11-25(15-24)31-18-23-14-13-21-8-3-4-12-26(21)28-23;1-19(28)16-21-7-2-3-8-22(21)17-29-24-12-14-25(15-13-24)30-18-23-11-10-20-6-4-5-9-26(20)27-23/h2-13,16-17,28H,14-15,18-19H2,1H3,(H,32,33);3-15,19H,16-17H2,1-2H3;3-15H,16-18H2,1-2H3;2-15H,16-18H2,1H3. The van der Waals surface area contributed by atoms with Crippen LogP contribution in [0.2, 0.25) is 5.02 Å². The number of carbonyl (C=O) groups excluding carboxylic acids is 4. The van der Waals surface area contributed by atoms with Gasteiger partial charge in [0.2, 0.25) is 0 Å². The highest BCUT2D eigenvalue weighted by atomic mass is 35.5. The number of carboxylic acids is 1. The Kier molecular flexibility index (Phi) is 33.7. The minimum Gasteiger partial charge on any atom is -0.489 e. The molecule has 0 spiro atoms. The Morgan fingerprint density at radius 1 is 0.328 bits per heavy atom. The number of nitrogens with zero attached hydrogens (tertiary/aromatic N) is 4. The number of hydrogen-bond donors (Lipinski definition) is 1. The van der Waals surface area contributed by atoms with Crippen molar-refractivity contribution in [2.45, 2.75) is 126 Å². The normalized spacial score (nSPS) is 11.2. The number of rotatable bonds is 38. The van der Waals surface area contributed by atoms with E-state index in [0.29, 0.717) is 97.1 Å². The van der Waals surface area contributed by atoms with Crippen LogP contribution in [-0.2, 0) is 83.2 Å². The van der Waals surface area contributed by atoms with E-state index >= 15 is 0 Å². The molecule has 131 heavy (non-hydrogen) atoms. The summed E-state index contributed by atoms with van der Waals surface area (Å²) in [5.74, 6) is 6.26. The minimum absolute atomic E-state index is 0.0223. The first-order valence-electron chi connectivity index (χ1n) is 42.7. The molecule has 0 amide bonds. The number of aliphatic carboxylic acids is 1. The number of ether oxygens (including phenoxy) is 11. The van der Waals surface area contributed by atoms with Crippen LogP contribution in [0, 0.1) is 6.92 Å². The third-order valence-corrected chi connectivity index (χ3v) is 20.7. The fourth-order valence-electron chi connectivity index (χ4n) is 13.5. The third-order valence-electron chi connectivity index (χ3n) is 20.4. The summed E-state index contributed by atoms with van der Waals surface area (Å²) in [6.45, 7) is 12.5. The maximum absolute atomic E-state index is 11.8. The van der Waals surface area contributed by atoms with Gasteiger partial charge in [-0.2, -0.15) is 0 Å². The predicted molar refractivity (Wildman–Crippen MR) is 506 cm³/mol. The second kappa shape index (κ2) is 47.4. The first-order chi connectivity index (χ1) is 63.7. The highest BCUT2D eigenvalue weighted by Gasteiger charge is 2.20. The van der Waals surface area contributed by atoms with Crippen molar-refractivity contribution in [3.05, 3.63) is 389 Å². The Morgan fingerprint density at radius 3 is 1.15 bits per heavy atom. The lowest BCUT2D eigenvalue weighted by atomic mass is 10.0. The van der Waals surface area contributed by atoms with E-state index in [1.807, 2.05) is 292 Å². The van der Waals surface area contributed by atoms with Crippen molar-refractivity contribution >= 4 is 84.3 Å². The Labute approximate surface area is 765 Å². The van der Waals surface area contributed by atoms with Gasteiger partial charge in [-0.25, -0.2) is 19.9 Å². The average molecular weight is 1770 g/mol. The van der Waals surface area contributed by atoms with Crippen LogP contribution in [0.3, 0.4) is 0 Å². The lowest BCUT2D eigenvalue weighted by Crippen LogP contribution is -2.26. The van der Waals surface area contributed by atoms with Crippen LogP contribution in [0.15, 0.2) is 328 Å². The van der Waals surface area contributed by atoms with Crippen molar-refractivity contribution in [3.8, 4) is 63.2 Å². The molecule has 4 aromatic heterocycles. The highest BCUT2D eigenvalue weighted by molar-refractivity contribution is 6.30. The summed E-state index contributed by atoms with van der Waals surface area (Å²) in [5, 5.41) is 13.9. The number of carboxylic acid groups (broad SMARTS) is 1. The number of carbonyl (C=O) groups is 5. The molecule has 1 N–H and O–H groups in total. The van der Waals surface area contributed by atoms with Crippen LogP contribution in [0.25, 0.3) is 43.6 Å². The second-order valence-electron chi connectivity index (χ2n) is 30.8. The number of hydrogen-bond acceptors (Lipinski definition) is 20. The maximum atomic E-state index is 11.8. The number of aromatic nitrogens is 4. The molecule has 0 fully saturated rings. The van der Waals surface area contributed by atoms with Gasteiger partial charge in [-0.15, -0.1) is 0 Å². The number of benzene rings is 12. The largest absolute Gasteiger partial charge is 0.489 e. The molecule has 22 heteroatoms. The van der Waals surface area contributed by atoms with Crippen LogP contribution in [-0.4, -0.2) is 73.0 Å². The van der Waals surface area contributed by atoms with Gasteiger partial charge in [-0.05, 0) is 215 Å². The third kappa shape index (κ3) is 29.3. The van der Waals surface area contributed by atoms with E-state index in [9.17, 15) is 24.0 Å². The zero-order chi connectivity index (χ0) is 91.6. The van der Waals surface area contributed by atoms with Gasteiger partial charge in [0, 0.05) is 69.1 Å². The van der Waals surface area contributed by atoms with Crippen molar-refractivity contribution in [1.29, 1.82) is 0 Å². The number of para-hydroxylation sites is 5. The summed E-state index contributed by atoms with van der Waals surface area (Å²) in [4.78, 5) is 75.5. The monoisotopic (exact) mass is 1770 g/mol. The van der Waals surface area contributed by atoms with E-state index in [4.69, 9.17) is 68.8 Å². The van der Waals surface area contributed by atoms with Crippen LogP contribution < -0.4 is 52.1 Å². The number of fused-ring (bicyclic) bond motifs is 4. The van der Waals surface area contributed by atoms with Gasteiger partial charge in [0.05, 0.1) is 44.8 Å². The van der Waals surface area contributed by atoms with Gasteiger partial charge in [0.15, 0.2) is 29.6 Å². The van der Waals surface area contributed by atoms with Crippen molar-refractivity contribution in [2.75, 3.05) is 6.61 Å². The molecule has 0 aliphatic carbocycles. The SMILES string of the molecule is CC(=O)C(C)Oc1ccc(Cl)cc1COc1ccc(OCc2ccc3ccccc3n2)cc1.CC(=O)C(CCC(=O)O)Oc1cccc(COc2cccc(OCc3ccc4ccccc4n3)c2)c1.CC(=O)COc1c(C)cccc1COc1cccc(OCc2ccc3ccccc3n2)c1.CC(=O)Cc1ccccc1COc1ccc(OCc2ccc3ccccc3n2)cc1. The van der Waals surface area contributed by atoms with Gasteiger partial charge in [0.1, 0.15) is 128 Å².